The van der Waals surface area contributed by atoms with Crippen molar-refractivity contribution in [3.05, 3.63) is 53.6 Å². The van der Waals surface area contributed by atoms with Gasteiger partial charge in [0.1, 0.15) is 17.2 Å². The number of esters is 1. The Labute approximate surface area is 166 Å². The van der Waals surface area contributed by atoms with E-state index in [4.69, 9.17) is 24.1 Å². The molecular formula is C22H28O6. The SMILES string of the molecule is COCCCCCCOc1ccc(C(=O)Oc2ccc(OCO)c(C)c2)cc1. The van der Waals surface area contributed by atoms with Crippen LogP contribution >= 0.6 is 0 Å². The average Bonchev–Trinajstić information content (AvgIpc) is 2.70. The first-order valence-corrected chi connectivity index (χ1v) is 9.42. The number of carbonyl (C=O) groups excluding carboxylic acids is 1. The minimum absolute atomic E-state index is 0.401. The highest BCUT2D eigenvalue weighted by atomic mass is 16.6. The van der Waals surface area contributed by atoms with E-state index in [9.17, 15) is 4.79 Å². The molecule has 0 atom stereocenters. The molecule has 0 amide bonds. The van der Waals surface area contributed by atoms with Crippen LogP contribution in [-0.4, -0.2) is 38.2 Å². The molecule has 2 aromatic rings. The fraction of sp³-hybridized carbons (Fsp3) is 0.409. The van der Waals surface area contributed by atoms with E-state index in [-0.39, 0.29) is 0 Å². The lowest BCUT2D eigenvalue weighted by Gasteiger charge is -2.10. The highest BCUT2D eigenvalue weighted by Gasteiger charge is 2.10. The maximum Gasteiger partial charge on any atom is 0.343 e. The summed E-state index contributed by atoms with van der Waals surface area (Å²) in [5, 5.41) is 8.82. The molecule has 152 valence electrons. The summed E-state index contributed by atoms with van der Waals surface area (Å²) in [5.41, 5.74) is 1.21. The second-order valence-corrected chi connectivity index (χ2v) is 6.37. The van der Waals surface area contributed by atoms with Crippen LogP contribution in [0.2, 0.25) is 0 Å². The predicted octanol–water partition coefficient (Wildman–Crippen LogP) is 4.13. The van der Waals surface area contributed by atoms with E-state index >= 15 is 0 Å². The van der Waals surface area contributed by atoms with Gasteiger partial charge in [-0.15, -0.1) is 0 Å². The van der Waals surface area contributed by atoms with Gasteiger partial charge in [-0.3, -0.25) is 0 Å². The van der Waals surface area contributed by atoms with Crippen LogP contribution in [0.1, 0.15) is 41.6 Å². The number of carbonyl (C=O) groups is 1. The Kier molecular flexibility index (Phi) is 9.31. The van der Waals surface area contributed by atoms with Gasteiger partial charge in [0.25, 0.3) is 0 Å². The number of aliphatic hydroxyl groups is 1. The van der Waals surface area contributed by atoms with Crippen molar-refractivity contribution in [2.24, 2.45) is 0 Å². The second kappa shape index (κ2) is 12.0. The van der Waals surface area contributed by atoms with Gasteiger partial charge in [0, 0.05) is 13.7 Å². The molecule has 0 radical (unpaired) electrons. The van der Waals surface area contributed by atoms with E-state index in [1.165, 1.54) is 0 Å². The molecule has 6 nitrogen and oxygen atoms in total. The van der Waals surface area contributed by atoms with Crippen LogP contribution in [0.25, 0.3) is 0 Å². The topological polar surface area (TPSA) is 74.2 Å². The van der Waals surface area contributed by atoms with E-state index < -0.39 is 12.8 Å². The first-order chi connectivity index (χ1) is 13.6. The van der Waals surface area contributed by atoms with Gasteiger partial charge in [-0.25, -0.2) is 4.79 Å². The van der Waals surface area contributed by atoms with E-state index in [2.05, 4.69) is 0 Å². The predicted molar refractivity (Wildman–Crippen MR) is 106 cm³/mol. The third kappa shape index (κ3) is 7.21. The van der Waals surface area contributed by atoms with E-state index in [0.29, 0.717) is 23.7 Å². The lowest BCUT2D eigenvalue weighted by atomic mass is 10.2. The Morgan fingerprint density at radius 2 is 1.57 bits per heavy atom. The Morgan fingerprint density at radius 3 is 2.21 bits per heavy atom. The fourth-order valence-corrected chi connectivity index (χ4v) is 2.66. The summed E-state index contributed by atoms with van der Waals surface area (Å²) in [5.74, 6) is 1.25. The van der Waals surface area contributed by atoms with Gasteiger partial charge in [-0.2, -0.15) is 0 Å². The molecular weight excluding hydrogens is 360 g/mol. The molecule has 0 aromatic heterocycles. The molecule has 0 aliphatic carbocycles. The molecule has 28 heavy (non-hydrogen) atoms. The van der Waals surface area contributed by atoms with Crippen LogP contribution in [0.5, 0.6) is 17.2 Å². The summed E-state index contributed by atoms with van der Waals surface area (Å²) in [6.45, 7) is 2.87. The van der Waals surface area contributed by atoms with Crippen molar-refractivity contribution in [3.8, 4) is 17.2 Å². The average molecular weight is 388 g/mol. The van der Waals surface area contributed by atoms with Crippen molar-refractivity contribution in [2.75, 3.05) is 27.1 Å². The number of rotatable bonds is 12. The molecule has 0 unspecified atom stereocenters. The maximum atomic E-state index is 12.3. The molecule has 0 saturated heterocycles. The first kappa shape index (κ1) is 21.7. The number of ether oxygens (including phenoxy) is 4. The summed E-state index contributed by atoms with van der Waals surface area (Å²) < 4.78 is 21.2. The van der Waals surface area contributed by atoms with Crippen LogP contribution in [0, 0.1) is 6.92 Å². The summed E-state index contributed by atoms with van der Waals surface area (Å²) in [7, 11) is 1.72. The highest BCUT2D eigenvalue weighted by molar-refractivity contribution is 5.91. The number of unbranched alkanes of at least 4 members (excludes halogenated alkanes) is 3. The molecule has 0 bridgehead atoms. The van der Waals surface area contributed by atoms with Crippen molar-refractivity contribution in [3.63, 3.8) is 0 Å². The zero-order valence-electron chi connectivity index (χ0n) is 16.5. The van der Waals surface area contributed by atoms with Crippen LogP contribution in [-0.2, 0) is 4.74 Å². The molecule has 6 heteroatoms. The molecule has 0 heterocycles. The fourth-order valence-electron chi connectivity index (χ4n) is 2.66. The van der Waals surface area contributed by atoms with E-state index in [1.54, 1.807) is 49.6 Å². The Balaban J connectivity index is 1.79. The van der Waals surface area contributed by atoms with Crippen molar-refractivity contribution in [2.45, 2.75) is 32.6 Å². The summed E-state index contributed by atoms with van der Waals surface area (Å²) in [6, 6.07) is 11.9. The highest BCUT2D eigenvalue weighted by Crippen LogP contribution is 2.24. The molecule has 2 aromatic carbocycles. The zero-order valence-corrected chi connectivity index (χ0v) is 16.5. The van der Waals surface area contributed by atoms with Crippen LogP contribution < -0.4 is 14.2 Å². The van der Waals surface area contributed by atoms with Crippen molar-refractivity contribution < 1.29 is 28.8 Å². The standard InChI is InChI=1S/C22H28O6/c1-17-15-20(11-12-21(17)27-16-23)28-22(24)18-7-9-19(10-8-18)26-14-6-4-3-5-13-25-2/h7-12,15,23H,3-6,13-14,16H2,1-2H3. The smallest absolute Gasteiger partial charge is 0.343 e. The van der Waals surface area contributed by atoms with Gasteiger partial charge in [-0.05, 0) is 74.2 Å². The van der Waals surface area contributed by atoms with Crippen LogP contribution in [0.3, 0.4) is 0 Å². The first-order valence-electron chi connectivity index (χ1n) is 9.42. The second-order valence-electron chi connectivity index (χ2n) is 6.37. The van der Waals surface area contributed by atoms with Gasteiger partial charge in [0.2, 0.25) is 0 Å². The van der Waals surface area contributed by atoms with Crippen molar-refractivity contribution in [1.29, 1.82) is 0 Å². The lowest BCUT2D eigenvalue weighted by Crippen LogP contribution is -2.09. The maximum absolute atomic E-state index is 12.3. The largest absolute Gasteiger partial charge is 0.494 e. The normalized spacial score (nSPS) is 10.5. The van der Waals surface area contributed by atoms with E-state index in [0.717, 1.165) is 43.6 Å². The summed E-state index contributed by atoms with van der Waals surface area (Å²) >= 11 is 0. The van der Waals surface area contributed by atoms with Gasteiger partial charge in [0.15, 0.2) is 6.79 Å². The van der Waals surface area contributed by atoms with Gasteiger partial charge < -0.3 is 24.1 Å². The van der Waals surface area contributed by atoms with Crippen molar-refractivity contribution in [1.82, 2.24) is 0 Å². The van der Waals surface area contributed by atoms with Crippen molar-refractivity contribution >= 4 is 5.97 Å². The Morgan fingerprint density at radius 1 is 0.893 bits per heavy atom. The number of methoxy groups -OCH3 is 1. The molecule has 1 N–H and O–H groups in total. The minimum atomic E-state index is -0.445. The van der Waals surface area contributed by atoms with Gasteiger partial charge in [-0.1, -0.05) is 6.42 Å². The molecule has 2 rings (SSSR count). The Bertz CT molecular complexity index is 726. The number of hydrogen-bond acceptors (Lipinski definition) is 6. The molecule has 0 fully saturated rings. The Hall–Kier alpha value is -2.57. The molecule has 0 aliphatic rings. The van der Waals surface area contributed by atoms with Crippen LogP contribution in [0.4, 0.5) is 0 Å². The third-order valence-corrected chi connectivity index (χ3v) is 4.18. The quantitative estimate of drug-likeness (QED) is 0.255. The van der Waals surface area contributed by atoms with Gasteiger partial charge >= 0.3 is 5.97 Å². The number of aliphatic hydroxyl groups excluding tert-OH is 1. The lowest BCUT2D eigenvalue weighted by molar-refractivity contribution is 0.0733. The minimum Gasteiger partial charge on any atom is -0.494 e. The molecule has 0 saturated carbocycles. The number of aryl methyl sites for hydroxylation is 1. The third-order valence-electron chi connectivity index (χ3n) is 4.18. The molecule has 0 spiro atoms. The zero-order chi connectivity index (χ0) is 20.2. The monoisotopic (exact) mass is 388 g/mol. The van der Waals surface area contributed by atoms with Gasteiger partial charge in [0.05, 0.1) is 12.2 Å². The van der Waals surface area contributed by atoms with E-state index in [1.807, 2.05) is 6.92 Å². The molecule has 0 aliphatic heterocycles. The van der Waals surface area contributed by atoms with Crippen LogP contribution in [0.15, 0.2) is 42.5 Å². The summed E-state index contributed by atoms with van der Waals surface area (Å²) in [4.78, 5) is 12.3. The number of hydrogen-bond donors (Lipinski definition) is 1. The number of benzene rings is 2. The summed E-state index contributed by atoms with van der Waals surface area (Å²) in [6.07, 6.45) is 4.30.